The first kappa shape index (κ1) is 15.2. The average Bonchev–Trinajstić information content (AvgIpc) is 2.34. The van der Waals surface area contributed by atoms with Gasteiger partial charge in [0.15, 0.2) is 0 Å². The van der Waals surface area contributed by atoms with E-state index in [4.69, 9.17) is 0 Å². The lowest BCUT2D eigenvalue weighted by molar-refractivity contribution is 0.320. The highest BCUT2D eigenvalue weighted by Crippen LogP contribution is 2.21. The molecule has 2 atom stereocenters. The molecular formula is C16H26FN. The third kappa shape index (κ3) is 5.18. The van der Waals surface area contributed by atoms with Crippen molar-refractivity contribution in [2.75, 3.05) is 13.1 Å². The summed E-state index contributed by atoms with van der Waals surface area (Å²) < 4.78 is 13.2. The predicted octanol–water partition coefficient (Wildman–Crippen LogP) is 4.03. The number of benzene rings is 1. The zero-order valence-electron chi connectivity index (χ0n) is 11.9. The maximum Gasteiger partial charge on any atom is 0.123 e. The molecule has 1 nitrogen and oxygen atoms in total. The normalized spacial score (nSPS) is 14.4. The van der Waals surface area contributed by atoms with E-state index in [2.05, 4.69) is 26.1 Å². The van der Waals surface area contributed by atoms with Crippen LogP contribution >= 0.6 is 0 Å². The number of rotatable bonds is 8. The fourth-order valence-electron chi connectivity index (χ4n) is 2.46. The smallest absolute Gasteiger partial charge is 0.123 e. The van der Waals surface area contributed by atoms with E-state index in [0.717, 1.165) is 25.1 Å². The molecule has 2 heteroatoms. The molecule has 0 heterocycles. The van der Waals surface area contributed by atoms with Gasteiger partial charge in [-0.15, -0.1) is 0 Å². The first-order valence-corrected chi connectivity index (χ1v) is 7.12. The van der Waals surface area contributed by atoms with Gasteiger partial charge < -0.3 is 5.32 Å². The Morgan fingerprint density at radius 1 is 1.28 bits per heavy atom. The minimum atomic E-state index is -0.127. The van der Waals surface area contributed by atoms with Crippen molar-refractivity contribution in [3.63, 3.8) is 0 Å². The minimum Gasteiger partial charge on any atom is -0.317 e. The monoisotopic (exact) mass is 251 g/mol. The van der Waals surface area contributed by atoms with Crippen LogP contribution in [0.1, 0.15) is 39.2 Å². The number of halogens is 1. The Labute approximate surface area is 111 Å². The third-order valence-electron chi connectivity index (χ3n) is 3.59. The van der Waals surface area contributed by atoms with Gasteiger partial charge in [0.05, 0.1) is 0 Å². The second-order valence-corrected chi connectivity index (χ2v) is 5.17. The van der Waals surface area contributed by atoms with Crippen LogP contribution in [-0.4, -0.2) is 13.1 Å². The van der Waals surface area contributed by atoms with Crippen molar-refractivity contribution >= 4 is 0 Å². The van der Waals surface area contributed by atoms with Crippen LogP contribution in [0.15, 0.2) is 24.3 Å². The van der Waals surface area contributed by atoms with Crippen LogP contribution in [0.25, 0.3) is 0 Å². The number of hydrogen-bond acceptors (Lipinski definition) is 1. The van der Waals surface area contributed by atoms with E-state index in [1.165, 1.54) is 18.9 Å². The average molecular weight is 251 g/mol. The van der Waals surface area contributed by atoms with Crippen LogP contribution < -0.4 is 5.32 Å². The van der Waals surface area contributed by atoms with E-state index < -0.39 is 0 Å². The highest BCUT2D eigenvalue weighted by molar-refractivity contribution is 5.17. The molecule has 0 radical (unpaired) electrons. The Bertz CT molecular complexity index is 338. The molecule has 1 aromatic carbocycles. The Morgan fingerprint density at radius 2 is 2.06 bits per heavy atom. The van der Waals surface area contributed by atoms with Crippen molar-refractivity contribution in [2.24, 2.45) is 11.8 Å². The highest BCUT2D eigenvalue weighted by atomic mass is 19.1. The van der Waals surface area contributed by atoms with E-state index in [1.807, 2.05) is 6.07 Å². The number of hydrogen-bond donors (Lipinski definition) is 1. The van der Waals surface area contributed by atoms with E-state index in [1.54, 1.807) is 12.1 Å². The molecule has 0 spiro atoms. The van der Waals surface area contributed by atoms with Crippen LogP contribution in [-0.2, 0) is 6.42 Å². The second kappa shape index (κ2) is 8.25. The summed E-state index contributed by atoms with van der Waals surface area (Å²) in [5.41, 5.74) is 1.11. The van der Waals surface area contributed by atoms with Crippen LogP contribution in [0.2, 0.25) is 0 Å². The van der Waals surface area contributed by atoms with Gasteiger partial charge in [0.2, 0.25) is 0 Å². The van der Waals surface area contributed by atoms with Crippen molar-refractivity contribution < 1.29 is 4.39 Å². The Hall–Kier alpha value is -0.890. The van der Waals surface area contributed by atoms with Gasteiger partial charge in [-0.05, 0) is 49.0 Å². The summed E-state index contributed by atoms with van der Waals surface area (Å²) in [6.07, 6.45) is 3.42. The molecule has 0 aromatic heterocycles. The summed E-state index contributed by atoms with van der Waals surface area (Å²) in [5, 5.41) is 3.43. The molecule has 0 bridgehead atoms. The fourth-order valence-corrected chi connectivity index (χ4v) is 2.46. The lowest BCUT2D eigenvalue weighted by atomic mass is 9.85. The number of nitrogens with one attached hydrogen (secondary N) is 1. The lowest BCUT2D eigenvalue weighted by Crippen LogP contribution is -2.28. The highest BCUT2D eigenvalue weighted by Gasteiger charge is 2.16. The Balaban J connectivity index is 2.64. The fraction of sp³-hybridized carbons (Fsp3) is 0.625. The van der Waals surface area contributed by atoms with Crippen LogP contribution in [0.5, 0.6) is 0 Å². The van der Waals surface area contributed by atoms with Crippen molar-refractivity contribution in [2.45, 2.75) is 40.0 Å². The Morgan fingerprint density at radius 3 is 2.67 bits per heavy atom. The first-order valence-electron chi connectivity index (χ1n) is 7.12. The van der Waals surface area contributed by atoms with Gasteiger partial charge in [0.1, 0.15) is 5.82 Å². The lowest BCUT2D eigenvalue weighted by Gasteiger charge is -2.24. The van der Waals surface area contributed by atoms with Gasteiger partial charge in [-0.3, -0.25) is 0 Å². The standard InChI is InChI=1S/C16H26FN/c1-4-7-13(3)15(12-18-5-2)10-14-8-6-9-16(17)11-14/h6,8-9,11,13,15,18H,4-5,7,10,12H2,1-3H3. The zero-order valence-corrected chi connectivity index (χ0v) is 11.9. The quantitative estimate of drug-likeness (QED) is 0.735. The third-order valence-corrected chi connectivity index (χ3v) is 3.59. The molecule has 0 aliphatic rings. The van der Waals surface area contributed by atoms with Gasteiger partial charge in [-0.1, -0.05) is 45.7 Å². The molecule has 2 unspecified atom stereocenters. The minimum absolute atomic E-state index is 0.127. The second-order valence-electron chi connectivity index (χ2n) is 5.17. The summed E-state index contributed by atoms with van der Waals surface area (Å²) >= 11 is 0. The summed E-state index contributed by atoms with van der Waals surface area (Å²) in [6.45, 7) is 8.68. The van der Waals surface area contributed by atoms with Crippen LogP contribution in [0.3, 0.4) is 0 Å². The van der Waals surface area contributed by atoms with Gasteiger partial charge in [-0.2, -0.15) is 0 Å². The van der Waals surface area contributed by atoms with Gasteiger partial charge in [0.25, 0.3) is 0 Å². The molecule has 0 aliphatic heterocycles. The zero-order chi connectivity index (χ0) is 13.4. The van der Waals surface area contributed by atoms with Crippen LogP contribution in [0, 0.1) is 17.7 Å². The van der Waals surface area contributed by atoms with E-state index in [0.29, 0.717) is 11.8 Å². The summed E-state index contributed by atoms with van der Waals surface area (Å²) in [5.74, 6) is 1.14. The summed E-state index contributed by atoms with van der Waals surface area (Å²) in [4.78, 5) is 0. The van der Waals surface area contributed by atoms with E-state index >= 15 is 0 Å². The van der Waals surface area contributed by atoms with E-state index in [9.17, 15) is 4.39 Å². The maximum atomic E-state index is 13.2. The van der Waals surface area contributed by atoms with Crippen molar-refractivity contribution in [3.05, 3.63) is 35.6 Å². The molecule has 0 fully saturated rings. The maximum absolute atomic E-state index is 13.2. The topological polar surface area (TPSA) is 12.0 Å². The van der Waals surface area contributed by atoms with E-state index in [-0.39, 0.29) is 5.82 Å². The van der Waals surface area contributed by atoms with Gasteiger partial charge >= 0.3 is 0 Å². The summed E-state index contributed by atoms with van der Waals surface area (Å²) in [7, 11) is 0. The first-order chi connectivity index (χ1) is 8.67. The van der Waals surface area contributed by atoms with Crippen molar-refractivity contribution in [3.8, 4) is 0 Å². The van der Waals surface area contributed by atoms with Crippen molar-refractivity contribution in [1.82, 2.24) is 5.32 Å². The molecule has 18 heavy (non-hydrogen) atoms. The molecule has 0 saturated heterocycles. The molecule has 1 N–H and O–H groups in total. The molecular weight excluding hydrogens is 225 g/mol. The summed E-state index contributed by atoms with van der Waals surface area (Å²) in [6, 6.07) is 7.01. The van der Waals surface area contributed by atoms with Gasteiger partial charge in [0, 0.05) is 0 Å². The molecule has 0 saturated carbocycles. The molecule has 102 valence electrons. The largest absolute Gasteiger partial charge is 0.317 e. The molecule has 0 aliphatic carbocycles. The van der Waals surface area contributed by atoms with Crippen LogP contribution in [0.4, 0.5) is 4.39 Å². The molecule has 1 aromatic rings. The van der Waals surface area contributed by atoms with Gasteiger partial charge in [-0.25, -0.2) is 4.39 Å². The molecule has 0 amide bonds. The SMILES string of the molecule is CCCC(C)C(CNCC)Cc1cccc(F)c1. The van der Waals surface area contributed by atoms with Crippen molar-refractivity contribution in [1.29, 1.82) is 0 Å². The Kier molecular flexibility index (Phi) is 6.96. The molecule has 1 rings (SSSR count). The predicted molar refractivity (Wildman–Crippen MR) is 76.2 cm³/mol.